The minimum Gasteiger partial charge on any atom is -0.456 e. The summed E-state index contributed by atoms with van der Waals surface area (Å²) in [7, 11) is 0. The number of para-hydroxylation sites is 4. The van der Waals surface area contributed by atoms with Gasteiger partial charge in [0.1, 0.15) is 11.2 Å². The van der Waals surface area contributed by atoms with E-state index in [4.69, 9.17) is 9.40 Å². The Bertz CT molecular complexity index is 2840. The molecule has 51 heavy (non-hydrogen) atoms. The predicted octanol–water partition coefficient (Wildman–Crippen LogP) is 12.5. The average Bonchev–Trinajstić information content (AvgIpc) is 3.85. The van der Waals surface area contributed by atoms with Crippen molar-refractivity contribution in [1.82, 2.24) is 14.1 Å². The van der Waals surface area contributed by atoms with Crippen LogP contribution in [0.1, 0.15) is 0 Å². The number of hydrogen-bond acceptors (Lipinski definition) is 2. The van der Waals surface area contributed by atoms with Crippen LogP contribution in [0.15, 0.2) is 181 Å². The lowest BCUT2D eigenvalue weighted by Gasteiger charge is -2.10. The molecule has 4 nitrogen and oxygen atoms in total. The third-order valence-electron chi connectivity index (χ3n) is 10.4. The minimum atomic E-state index is 0.872. The summed E-state index contributed by atoms with van der Waals surface area (Å²) in [6, 6.07) is 58.5. The molecule has 0 N–H and O–H groups in total. The third kappa shape index (κ3) is 4.23. The maximum absolute atomic E-state index is 6.37. The van der Waals surface area contributed by atoms with Gasteiger partial charge in [-0.2, -0.15) is 0 Å². The van der Waals surface area contributed by atoms with Crippen LogP contribution in [0.25, 0.3) is 99.2 Å². The number of pyridine rings is 1. The Morgan fingerprint density at radius 1 is 0.333 bits per heavy atom. The summed E-state index contributed by atoms with van der Waals surface area (Å²) in [6.07, 6.45) is 3.90. The molecule has 0 spiro atoms. The Labute approximate surface area is 293 Å². The van der Waals surface area contributed by atoms with Gasteiger partial charge in [-0.15, -0.1) is 0 Å². The first-order chi connectivity index (χ1) is 25.3. The van der Waals surface area contributed by atoms with Gasteiger partial charge in [-0.1, -0.05) is 97.1 Å². The van der Waals surface area contributed by atoms with Gasteiger partial charge < -0.3 is 13.6 Å². The van der Waals surface area contributed by atoms with Crippen LogP contribution >= 0.6 is 0 Å². The van der Waals surface area contributed by atoms with Crippen molar-refractivity contribution in [1.29, 1.82) is 0 Å². The number of rotatable bonds is 4. The van der Waals surface area contributed by atoms with Crippen LogP contribution in [0.5, 0.6) is 0 Å². The van der Waals surface area contributed by atoms with Crippen molar-refractivity contribution in [3.63, 3.8) is 0 Å². The van der Waals surface area contributed by atoms with Gasteiger partial charge in [0, 0.05) is 49.8 Å². The van der Waals surface area contributed by atoms with Crippen LogP contribution < -0.4 is 0 Å². The molecule has 0 radical (unpaired) electrons. The number of furan rings is 1. The largest absolute Gasteiger partial charge is 0.456 e. The molecule has 0 aliphatic rings. The van der Waals surface area contributed by atoms with E-state index in [0.717, 1.165) is 55.6 Å². The van der Waals surface area contributed by atoms with Crippen molar-refractivity contribution >= 4 is 65.6 Å². The Kier molecular flexibility index (Phi) is 5.92. The number of nitrogens with zero attached hydrogens (tertiary/aromatic N) is 3. The van der Waals surface area contributed by atoms with E-state index in [1.807, 2.05) is 12.4 Å². The lowest BCUT2D eigenvalue weighted by Crippen LogP contribution is -1.95. The van der Waals surface area contributed by atoms with Crippen molar-refractivity contribution in [2.75, 3.05) is 0 Å². The molecule has 4 heteroatoms. The van der Waals surface area contributed by atoms with Gasteiger partial charge >= 0.3 is 0 Å². The summed E-state index contributed by atoms with van der Waals surface area (Å²) in [4.78, 5) is 4.74. The van der Waals surface area contributed by atoms with Gasteiger partial charge in [0.2, 0.25) is 0 Å². The zero-order valence-electron chi connectivity index (χ0n) is 27.5. The van der Waals surface area contributed by atoms with Gasteiger partial charge in [-0.25, -0.2) is 0 Å². The topological polar surface area (TPSA) is 35.9 Å². The van der Waals surface area contributed by atoms with Crippen LogP contribution in [-0.2, 0) is 0 Å². The van der Waals surface area contributed by atoms with Gasteiger partial charge in [0.05, 0.1) is 34.0 Å². The quantitative estimate of drug-likeness (QED) is 0.190. The number of fused-ring (bicyclic) bond motifs is 9. The molecule has 0 unspecified atom stereocenters. The fourth-order valence-electron chi connectivity index (χ4n) is 8.07. The van der Waals surface area contributed by atoms with Crippen LogP contribution in [-0.4, -0.2) is 14.1 Å². The van der Waals surface area contributed by atoms with Gasteiger partial charge in [0.25, 0.3) is 0 Å². The van der Waals surface area contributed by atoms with E-state index in [2.05, 4.69) is 173 Å². The van der Waals surface area contributed by atoms with Crippen molar-refractivity contribution < 1.29 is 4.42 Å². The molecule has 238 valence electrons. The smallest absolute Gasteiger partial charge is 0.135 e. The third-order valence-corrected chi connectivity index (χ3v) is 10.4. The highest BCUT2D eigenvalue weighted by Gasteiger charge is 2.16. The summed E-state index contributed by atoms with van der Waals surface area (Å²) in [6.45, 7) is 0. The average molecular weight is 652 g/mol. The number of aromatic nitrogens is 3. The molecule has 7 aromatic carbocycles. The Morgan fingerprint density at radius 2 is 0.784 bits per heavy atom. The van der Waals surface area contributed by atoms with E-state index in [9.17, 15) is 0 Å². The zero-order valence-corrected chi connectivity index (χ0v) is 27.5. The van der Waals surface area contributed by atoms with Crippen LogP contribution in [0.2, 0.25) is 0 Å². The van der Waals surface area contributed by atoms with E-state index in [1.54, 1.807) is 0 Å². The van der Waals surface area contributed by atoms with Crippen molar-refractivity contribution in [3.05, 3.63) is 176 Å². The molecule has 0 amide bonds. The Hall–Kier alpha value is -6.91. The summed E-state index contributed by atoms with van der Waals surface area (Å²) in [5, 5.41) is 7.18. The highest BCUT2D eigenvalue weighted by Crippen LogP contribution is 2.38. The van der Waals surface area contributed by atoms with Gasteiger partial charge in [-0.3, -0.25) is 4.98 Å². The summed E-state index contributed by atoms with van der Waals surface area (Å²) in [5.41, 5.74) is 13.1. The van der Waals surface area contributed by atoms with Crippen molar-refractivity contribution in [2.24, 2.45) is 0 Å². The standard InChI is InChI=1S/C47H29N3O/c1-5-16-42-36(12-1)37-13-2-6-17-43(37)49(42)34-11-9-10-30(24-34)31-20-22-46-40(26-31)41-27-32(21-23-47(41)51-46)33-25-35(29-48-28-33)50-44-18-7-3-14-38(44)39-15-4-8-19-45(39)50/h1-29H. The molecule has 0 atom stereocenters. The lowest BCUT2D eigenvalue weighted by atomic mass is 10.0. The zero-order chi connectivity index (χ0) is 33.5. The molecule has 0 aliphatic carbocycles. The first kappa shape index (κ1) is 28.0. The number of benzene rings is 7. The predicted molar refractivity (Wildman–Crippen MR) is 211 cm³/mol. The molecule has 11 aromatic rings. The lowest BCUT2D eigenvalue weighted by molar-refractivity contribution is 0.669. The summed E-state index contributed by atoms with van der Waals surface area (Å²) in [5.74, 6) is 0. The molecular weight excluding hydrogens is 623 g/mol. The highest BCUT2D eigenvalue weighted by molar-refractivity contribution is 6.11. The number of hydrogen-bond donors (Lipinski definition) is 0. The summed E-state index contributed by atoms with van der Waals surface area (Å²) >= 11 is 0. The Morgan fingerprint density at radius 3 is 1.33 bits per heavy atom. The SMILES string of the molecule is c1cc(-c2ccc3oc4ccc(-c5cncc(-n6c7ccccc7c7ccccc76)c5)cc4c3c2)cc(-n2c3ccccc3c3ccccc32)c1. The Balaban J connectivity index is 1.02. The summed E-state index contributed by atoms with van der Waals surface area (Å²) < 4.78 is 11.0. The molecule has 0 fully saturated rings. The van der Waals surface area contributed by atoms with E-state index in [-0.39, 0.29) is 0 Å². The molecule has 11 rings (SSSR count). The second-order valence-electron chi connectivity index (χ2n) is 13.2. The molecule has 0 saturated heterocycles. The van der Waals surface area contributed by atoms with E-state index < -0.39 is 0 Å². The van der Waals surface area contributed by atoms with Crippen LogP contribution in [0.4, 0.5) is 0 Å². The van der Waals surface area contributed by atoms with E-state index in [0.29, 0.717) is 0 Å². The fourth-order valence-corrected chi connectivity index (χ4v) is 8.07. The van der Waals surface area contributed by atoms with Crippen molar-refractivity contribution in [2.45, 2.75) is 0 Å². The maximum atomic E-state index is 6.37. The molecule has 4 heterocycles. The molecule has 0 bridgehead atoms. The molecule has 0 aliphatic heterocycles. The normalized spacial score (nSPS) is 11.9. The van der Waals surface area contributed by atoms with E-state index in [1.165, 1.54) is 43.6 Å². The van der Waals surface area contributed by atoms with E-state index >= 15 is 0 Å². The second kappa shape index (κ2) is 10.8. The molecular formula is C47H29N3O. The maximum Gasteiger partial charge on any atom is 0.135 e. The molecule has 4 aromatic heterocycles. The fraction of sp³-hybridized carbons (Fsp3) is 0. The van der Waals surface area contributed by atoms with Crippen LogP contribution in [0.3, 0.4) is 0 Å². The second-order valence-corrected chi connectivity index (χ2v) is 13.2. The minimum absolute atomic E-state index is 0.872. The monoisotopic (exact) mass is 651 g/mol. The first-order valence-electron chi connectivity index (χ1n) is 17.3. The van der Waals surface area contributed by atoms with Gasteiger partial charge in [-0.05, 0) is 83.4 Å². The van der Waals surface area contributed by atoms with Crippen molar-refractivity contribution in [3.8, 4) is 33.6 Å². The molecule has 0 saturated carbocycles. The van der Waals surface area contributed by atoms with Crippen LogP contribution in [0, 0.1) is 0 Å². The first-order valence-corrected chi connectivity index (χ1v) is 17.3. The van der Waals surface area contributed by atoms with Gasteiger partial charge in [0.15, 0.2) is 0 Å². The highest BCUT2D eigenvalue weighted by atomic mass is 16.3.